The predicted molar refractivity (Wildman–Crippen MR) is 111 cm³/mol. The lowest BCUT2D eigenvalue weighted by Gasteiger charge is -2.20. The Bertz CT molecular complexity index is 1030. The molecule has 7 nitrogen and oxygen atoms in total. The van der Waals surface area contributed by atoms with Crippen LogP contribution in [0.1, 0.15) is 34.3 Å². The Morgan fingerprint density at radius 2 is 1.62 bits per heavy atom. The normalized spacial score (nSPS) is 14.0. The third-order valence-electron chi connectivity index (χ3n) is 5.09. The Kier molecular flexibility index (Phi) is 6.02. The van der Waals surface area contributed by atoms with E-state index >= 15 is 0 Å². The molecule has 2 aromatic carbocycles. The lowest BCUT2D eigenvalue weighted by atomic mass is 10.1. The number of rotatable bonds is 6. The summed E-state index contributed by atoms with van der Waals surface area (Å²) in [5.74, 6) is 0.614. The van der Waals surface area contributed by atoms with Gasteiger partial charge < -0.3 is 14.4 Å². The number of anilines is 1. The average Bonchev–Trinajstić information content (AvgIpc) is 3.21. The van der Waals surface area contributed by atoms with Crippen LogP contribution >= 0.6 is 0 Å². The van der Waals surface area contributed by atoms with Gasteiger partial charge in [-0.05, 0) is 49.9 Å². The number of hydrogen-bond donors (Lipinski definition) is 1. The summed E-state index contributed by atoms with van der Waals surface area (Å²) >= 11 is 0. The molecule has 0 spiro atoms. The molecule has 1 saturated heterocycles. The minimum absolute atomic E-state index is 0.0660. The SMILES string of the molecule is COc1cc(C)c(S(=O)(=O)Nc2cccc(C)c2C(=O)N2CCCC2)cc1OC. The zero-order valence-corrected chi connectivity index (χ0v) is 17.9. The molecule has 156 valence electrons. The van der Waals surface area contributed by atoms with E-state index in [0.717, 1.165) is 18.4 Å². The van der Waals surface area contributed by atoms with E-state index in [9.17, 15) is 13.2 Å². The van der Waals surface area contributed by atoms with Crippen molar-refractivity contribution in [2.45, 2.75) is 31.6 Å². The van der Waals surface area contributed by atoms with Crippen molar-refractivity contribution in [2.24, 2.45) is 0 Å². The van der Waals surface area contributed by atoms with Crippen molar-refractivity contribution in [3.05, 3.63) is 47.0 Å². The molecular weight excluding hydrogens is 392 g/mol. The van der Waals surface area contributed by atoms with E-state index in [-0.39, 0.29) is 16.5 Å². The van der Waals surface area contributed by atoms with Gasteiger partial charge >= 0.3 is 0 Å². The highest BCUT2D eigenvalue weighted by molar-refractivity contribution is 7.92. The van der Waals surface area contributed by atoms with Gasteiger partial charge in [-0.25, -0.2) is 8.42 Å². The fraction of sp³-hybridized carbons (Fsp3) is 0.381. The van der Waals surface area contributed by atoms with Crippen molar-refractivity contribution in [2.75, 3.05) is 32.0 Å². The summed E-state index contributed by atoms with van der Waals surface area (Å²) < 4.78 is 39.4. The molecular formula is C21H26N2O5S. The van der Waals surface area contributed by atoms with Crippen LogP contribution in [0.3, 0.4) is 0 Å². The summed E-state index contributed by atoms with van der Waals surface area (Å²) in [7, 11) is -1.01. The van der Waals surface area contributed by atoms with Crippen molar-refractivity contribution in [1.29, 1.82) is 0 Å². The highest BCUT2D eigenvalue weighted by Crippen LogP contribution is 2.34. The number of nitrogens with zero attached hydrogens (tertiary/aromatic N) is 1. The molecule has 0 bridgehead atoms. The fourth-order valence-corrected chi connectivity index (χ4v) is 4.88. The van der Waals surface area contributed by atoms with Crippen molar-refractivity contribution >= 4 is 21.6 Å². The number of nitrogens with one attached hydrogen (secondary N) is 1. The molecule has 0 radical (unpaired) electrons. The first kappa shape index (κ1) is 21.0. The van der Waals surface area contributed by atoms with Crippen LogP contribution in [0.15, 0.2) is 35.2 Å². The molecule has 0 aliphatic carbocycles. The molecule has 29 heavy (non-hydrogen) atoms. The summed E-state index contributed by atoms with van der Waals surface area (Å²) in [6, 6.07) is 8.19. The van der Waals surface area contributed by atoms with Crippen LogP contribution in [0.5, 0.6) is 11.5 Å². The molecule has 3 rings (SSSR count). The molecule has 1 aliphatic rings. The molecule has 1 heterocycles. The van der Waals surface area contributed by atoms with Gasteiger partial charge in [0, 0.05) is 19.2 Å². The van der Waals surface area contributed by atoms with E-state index in [0.29, 0.717) is 35.7 Å². The van der Waals surface area contributed by atoms with Gasteiger partial charge in [-0.3, -0.25) is 9.52 Å². The van der Waals surface area contributed by atoms with Crippen LogP contribution in [0, 0.1) is 13.8 Å². The second-order valence-electron chi connectivity index (χ2n) is 7.07. The summed E-state index contributed by atoms with van der Waals surface area (Å²) in [5, 5.41) is 0. The number of benzene rings is 2. The quantitative estimate of drug-likeness (QED) is 0.778. The molecule has 1 fully saturated rings. The summed E-state index contributed by atoms with van der Waals surface area (Å²) in [4.78, 5) is 14.8. The molecule has 2 aromatic rings. The number of aryl methyl sites for hydroxylation is 2. The van der Waals surface area contributed by atoms with Crippen LogP contribution in [0.2, 0.25) is 0 Å². The van der Waals surface area contributed by atoms with E-state index in [1.165, 1.54) is 20.3 Å². The summed E-state index contributed by atoms with van der Waals surface area (Å²) in [5.41, 5.74) is 1.90. The number of likely N-dealkylation sites (tertiary alicyclic amines) is 1. The van der Waals surface area contributed by atoms with Crippen molar-refractivity contribution in [3.63, 3.8) is 0 Å². The topological polar surface area (TPSA) is 84.9 Å². The Morgan fingerprint density at radius 1 is 1.00 bits per heavy atom. The highest BCUT2D eigenvalue weighted by Gasteiger charge is 2.27. The zero-order chi connectivity index (χ0) is 21.2. The third-order valence-corrected chi connectivity index (χ3v) is 6.60. The third kappa shape index (κ3) is 4.17. The maximum atomic E-state index is 13.2. The number of carbonyl (C=O) groups excluding carboxylic acids is 1. The number of amides is 1. The first-order chi connectivity index (χ1) is 13.8. The summed E-state index contributed by atoms with van der Waals surface area (Å²) in [6.07, 6.45) is 1.92. The number of methoxy groups -OCH3 is 2. The Balaban J connectivity index is 2.02. The minimum atomic E-state index is -3.95. The van der Waals surface area contributed by atoms with Crippen molar-refractivity contribution < 1.29 is 22.7 Å². The lowest BCUT2D eigenvalue weighted by Crippen LogP contribution is -2.29. The lowest BCUT2D eigenvalue weighted by molar-refractivity contribution is 0.0793. The van der Waals surface area contributed by atoms with Gasteiger partial charge in [0.15, 0.2) is 11.5 Å². The van der Waals surface area contributed by atoms with Gasteiger partial charge in [0.2, 0.25) is 0 Å². The van der Waals surface area contributed by atoms with E-state index in [2.05, 4.69) is 4.72 Å². The highest BCUT2D eigenvalue weighted by atomic mass is 32.2. The monoisotopic (exact) mass is 418 g/mol. The molecule has 0 saturated carbocycles. The number of sulfonamides is 1. The van der Waals surface area contributed by atoms with Gasteiger partial charge in [-0.1, -0.05) is 12.1 Å². The first-order valence-electron chi connectivity index (χ1n) is 9.43. The second-order valence-corrected chi connectivity index (χ2v) is 8.73. The van der Waals surface area contributed by atoms with Gasteiger partial charge in [-0.15, -0.1) is 0 Å². The van der Waals surface area contributed by atoms with Crippen LogP contribution < -0.4 is 14.2 Å². The van der Waals surface area contributed by atoms with Gasteiger partial charge in [0.1, 0.15) is 0 Å². The van der Waals surface area contributed by atoms with Gasteiger partial charge in [0.25, 0.3) is 15.9 Å². The maximum Gasteiger partial charge on any atom is 0.262 e. The zero-order valence-electron chi connectivity index (χ0n) is 17.1. The first-order valence-corrected chi connectivity index (χ1v) is 10.9. The summed E-state index contributed by atoms with van der Waals surface area (Å²) in [6.45, 7) is 4.87. The fourth-order valence-electron chi connectivity index (χ4n) is 3.57. The van der Waals surface area contributed by atoms with Gasteiger partial charge in [0.05, 0.1) is 30.4 Å². The van der Waals surface area contributed by atoms with Crippen molar-refractivity contribution in [3.8, 4) is 11.5 Å². The maximum absolute atomic E-state index is 13.2. The van der Waals surface area contributed by atoms with E-state index in [1.54, 1.807) is 30.0 Å². The van der Waals surface area contributed by atoms with Crippen molar-refractivity contribution in [1.82, 2.24) is 4.90 Å². The Labute approximate surface area is 171 Å². The smallest absolute Gasteiger partial charge is 0.262 e. The van der Waals surface area contributed by atoms with E-state index < -0.39 is 10.0 Å². The number of carbonyl (C=O) groups is 1. The number of ether oxygens (including phenoxy) is 2. The van der Waals surface area contributed by atoms with Crippen LogP contribution in [-0.4, -0.2) is 46.5 Å². The largest absolute Gasteiger partial charge is 0.493 e. The molecule has 0 unspecified atom stereocenters. The second kappa shape index (κ2) is 8.32. The predicted octanol–water partition coefficient (Wildman–Crippen LogP) is 3.36. The number of hydrogen-bond acceptors (Lipinski definition) is 5. The van der Waals surface area contributed by atoms with E-state index in [4.69, 9.17) is 9.47 Å². The Hall–Kier alpha value is -2.74. The molecule has 8 heteroatoms. The molecule has 1 aliphatic heterocycles. The molecule has 1 amide bonds. The molecule has 0 atom stereocenters. The minimum Gasteiger partial charge on any atom is -0.493 e. The van der Waals surface area contributed by atoms with Crippen LogP contribution in [-0.2, 0) is 10.0 Å². The average molecular weight is 419 g/mol. The standard InChI is InChI=1S/C21H26N2O5S/c1-14-8-7-9-16(20(14)21(24)23-10-5-6-11-23)22-29(25,26)19-13-18(28-4)17(27-3)12-15(19)2/h7-9,12-13,22H,5-6,10-11H2,1-4H3. The van der Waals surface area contributed by atoms with E-state index in [1.807, 2.05) is 13.0 Å². The van der Waals surface area contributed by atoms with Gasteiger partial charge in [-0.2, -0.15) is 0 Å². The molecule has 0 aromatic heterocycles. The van der Waals surface area contributed by atoms with Crippen LogP contribution in [0.25, 0.3) is 0 Å². The van der Waals surface area contributed by atoms with Crippen LogP contribution in [0.4, 0.5) is 5.69 Å². The Morgan fingerprint density at radius 3 is 2.24 bits per heavy atom. The molecule has 1 N–H and O–H groups in total.